The van der Waals surface area contributed by atoms with Gasteiger partial charge in [-0.05, 0) is 32.6 Å². The van der Waals surface area contributed by atoms with Crippen LogP contribution < -0.4 is 11.1 Å². The van der Waals surface area contributed by atoms with Gasteiger partial charge in [0.1, 0.15) is 17.5 Å². The van der Waals surface area contributed by atoms with Gasteiger partial charge >= 0.3 is 5.97 Å². The second-order valence-corrected chi connectivity index (χ2v) is 12.0. The highest BCUT2D eigenvalue weighted by Crippen LogP contribution is 2.50. The van der Waals surface area contributed by atoms with Crippen molar-refractivity contribution < 1.29 is 19.5 Å². The second-order valence-electron chi connectivity index (χ2n) is 9.31. The average Bonchev–Trinajstić information content (AvgIpc) is 3.23. The topological polar surface area (TPSA) is 126 Å². The third-order valence-electron chi connectivity index (χ3n) is 6.56. The van der Waals surface area contributed by atoms with E-state index in [0.29, 0.717) is 16.4 Å². The van der Waals surface area contributed by atoms with E-state index < -0.39 is 22.8 Å². The summed E-state index contributed by atoms with van der Waals surface area (Å²) < 4.78 is -0.632. The van der Waals surface area contributed by atoms with Gasteiger partial charge in [-0.3, -0.25) is 9.59 Å². The van der Waals surface area contributed by atoms with Gasteiger partial charge in [-0.25, -0.2) is 9.78 Å². The van der Waals surface area contributed by atoms with Crippen LogP contribution in [0, 0.1) is 5.92 Å². The van der Waals surface area contributed by atoms with Gasteiger partial charge in [-0.15, -0.1) is 23.1 Å². The summed E-state index contributed by atoms with van der Waals surface area (Å²) in [6.45, 7) is 3.64. The number of hydrogen-bond donors (Lipinski definition) is 3. The predicted molar refractivity (Wildman–Crippen MR) is 126 cm³/mol. The molecule has 0 spiro atoms. The van der Waals surface area contributed by atoms with Crippen molar-refractivity contribution in [2.24, 2.45) is 5.92 Å². The minimum Gasteiger partial charge on any atom is -0.480 e. The lowest BCUT2D eigenvalue weighted by Gasteiger charge is -2.43. The number of allylic oxidation sites excluding steroid dienone is 1. The normalized spacial score (nSPS) is 28.4. The van der Waals surface area contributed by atoms with Crippen LogP contribution in [0.3, 0.4) is 0 Å². The molecule has 4 N–H and O–H groups in total. The number of anilines is 1. The zero-order valence-electron chi connectivity index (χ0n) is 18.4. The number of aromatic nitrogens is 1. The van der Waals surface area contributed by atoms with Crippen molar-refractivity contribution in [2.45, 2.75) is 81.0 Å². The number of carboxylic acids is 1. The maximum absolute atomic E-state index is 13.3. The van der Waals surface area contributed by atoms with Gasteiger partial charge in [-0.2, -0.15) is 0 Å². The molecule has 0 aromatic carbocycles. The quantitative estimate of drug-likeness (QED) is 0.438. The standard InChI is InChI=1S/C22H30N4O4S2/c1-22(2)16(20(29)30)26-18(28)15(19(26)32-22)25-17(27)13(14-11-31-21(23)24-14)10-12-8-6-4-3-5-7-9-12/h10-12,15-16,19H,3-9H2,1-2H3,(H2,23,24)(H,25,27)(H,29,30)/b13-10-/t15-,16+,19-/m1/s1. The fourth-order valence-corrected chi connectivity index (χ4v) is 7.13. The van der Waals surface area contributed by atoms with Crippen molar-refractivity contribution in [3.8, 4) is 0 Å². The number of nitrogens with two attached hydrogens (primary N) is 1. The number of carboxylic acid groups (broad SMARTS) is 1. The smallest absolute Gasteiger partial charge is 0.327 e. The predicted octanol–water partition coefficient (Wildman–Crippen LogP) is 3.10. The van der Waals surface area contributed by atoms with Crippen LogP contribution >= 0.6 is 23.1 Å². The summed E-state index contributed by atoms with van der Waals surface area (Å²) in [6, 6.07) is -1.64. The molecule has 0 radical (unpaired) electrons. The van der Waals surface area contributed by atoms with Gasteiger partial charge in [0.15, 0.2) is 5.13 Å². The molecule has 3 fully saturated rings. The lowest BCUT2D eigenvalue weighted by atomic mass is 9.89. The molecule has 32 heavy (non-hydrogen) atoms. The number of carbonyl (C=O) groups excluding carboxylic acids is 2. The van der Waals surface area contributed by atoms with Crippen LogP contribution in [0.4, 0.5) is 5.13 Å². The lowest BCUT2D eigenvalue weighted by Crippen LogP contribution is -2.70. The third kappa shape index (κ3) is 4.39. The van der Waals surface area contributed by atoms with Gasteiger partial charge in [0, 0.05) is 10.1 Å². The van der Waals surface area contributed by atoms with E-state index in [2.05, 4.69) is 10.3 Å². The van der Waals surface area contributed by atoms with Crippen molar-refractivity contribution in [1.82, 2.24) is 15.2 Å². The highest BCUT2D eigenvalue weighted by Gasteiger charge is 2.64. The van der Waals surface area contributed by atoms with E-state index in [4.69, 9.17) is 5.73 Å². The molecule has 1 aromatic heterocycles. The van der Waals surface area contributed by atoms with E-state index in [0.717, 1.165) is 25.7 Å². The Bertz CT molecular complexity index is 936. The van der Waals surface area contributed by atoms with Crippen molar-refractivity contribution in [3.63, 3.8) is 0 Å². The monoisotopic (exact) mass is 478 g/mol. The maximum Gasteiger partial charge on any atom is 0.327 e. The van der Waals surface area contributed by atoms with Crippen molar-refractivity contribution in [1.29, 1.82) is 0 Å². The fraction of sp³-hybridized carbons (Fsp3) is 0.636. The highest BCUT2D eigenvalue weighted by molar-refractivity contribution is 8.01. The number of β-lactam (4-membered cyclic amide) rings is 1. The molecular weight excluding hydrogens is 448 g/mol. The number of thioether (sulfide) groups is 1. The van der Waals surface area contributed by atoms with Crippen LogP contribution in [0.5, 0.6) is 0 Å². The molecule has 8 nitrogen and oxygen atoms in total. The Hall–Kier alpha value is -2.07. The first-order valence-corrected chi connectivity index (χ1v) is 12.9. The van der Waals surface area contributed by atoms with Crippen LogP contribution in [-0.2, 0) is 14.4 Å². The molecule has 3 heterocycles. The van der Waals surface area contributed by atoms with Gasteiger partial charge in [-0.1, -0.05) is 38.2 Å². The molecule has 0 unspecified atom stereocenters. The summed E-state index contributed by atoms with van der Waals surface area (Å²) in [5, 5.41) is 14.2. The Kier molecular flexibility index (Phi) is 6.53. The molecular formula is C22H30N4O4S2. The molecule has 1 saturated carbocycles. The Morgan fingerprint density at radius 3 is 2.50 bits per heavy atom. The summed E-state index contributed by atoms with van der Waals surface area (Å²) >= 11 is 2.70. The zero-order chi connectivity index (χ0) is 23.0. The van der Waals surface area contributed by atoms with Gasteiger partial charge in [0.25, 0.3) is 5.91 Å². The van der Waals surface area contributed by atoms with Crippen molar-refractivity contribution in [3.05, 3.63) is 17.2 Å². The summed E-state index contributed by atoms with van der Waals surface area (Å²) in [5.74, 6) is -1.45. The first kappa shape index (κ1) is 23.1. The summed E-state index contributed by atoms with van der Waals surface area (Å²) in [5.41, 5.74) is 6.81. The fourth-order valence-electron chi connectivity index (χ4n) is 4.94. The largest absolute Gasteiger partial charge is 0.480 e. The first-order chi connectivity index (χ1) is 15.2. The molecule has 1 aromatic rings. The molecule has 174 valence electrons. The average molecular weight is 479 g/mol. The van der Waals surface area contributed by atoms with Crippen LogP contribution in [0.2, 0.25) is 0 Å². The molecule has 0 bridgehead atoms. The lowest BCUT2D eigenvalue weighted by molar-refractivity contribution is -0.160. The SMILES string of the molecule is CC1(C)S[C@@H]2[C@H](NC(=O)/C(=C\C3CCCCCCC3)c3csc(N)n3)C(=O)N2[C@H]1C(=O)O. The van der Waals surface area contributed by atoms with E-state index in [1.54, 1.807) is 5.38 Å². The van der Waals surface area contributed by atoms with Crippen LogP contribution in [0.15, 0.2) is 11.5 Å². The number of aliphatic carboxylic acids is 1. The Morgan fingerprint density at radius 2 is 1.91 bits per heavy atom. The Labute approximate surface area is 196 Å². The second kappa shape index (κ2) is 9.05. The highest BCUT2D eigenvalue weighted by atomic mass is 32.2. The van der Waals surface area contributed by atoms with Crippen LogP contribution in [0.1, 0.15) is 64.5 Å². The molecule has 2 amide bonds. The van der Waals surface area contributed by atoms with Crippen molar-refractivity contribution >= 4 is 51.6 Å². The number of hydrogen-bond acceptors (Lipinski definition) is 7. The summed E-state index contributed by atoms with van der Waals surface area (Å²) in [6.07, 6.45) is 10.0. The molecule has 1 aliphatic carbocycles. The molecule has 2 saturated heterocycles. The number of nitrogens with one attached hydrogen (secondary N) is 1. The molecule has 10 heteroatoms. The van der Waals surface area contributed by atoms with Crippen LogP contribution in [-0.4, -0.2) is 55.0 Å². The number of nitrogens with zero attached hydrogens (tertiary/aromatic N) is 2. The molecule has 3 aliphatic rings. The van der Waals surface area contributed by atoms with E-state index in [1.165, 1.54) is 47.3 Å². The van der Waals surface area contributed by atoms with Crippen LogP contribution in [0.25, 0.3) is 5.57 Å². The molecule has 2 aliphatic heterocycles. The number of fused-ring (bicyclic) bond motifs is 1. The summed E-state index contributed by atoms with van der Waals surface area (Å²) in [7, 11) is 0. The number of nitrogen functional groups attached to an aromatic ring is 1. The molecule has 4 rings (SSSR count). The van der Waals surface area contributed by atoms with E-state index in [-0.39, 0.29) is 23.1 Å². The number of rotatable bonds is 5. The van der Waals surface area contributed by atoms with E-state index in [1.807, 2.05) is 19.9 Å². The van der Waals surface area contributed by atoms with E-state index in [9.17, 15) is 19.5 Å². The molecule has 3 atom stereocenters. The zero-order valence-corrected chi connectivity index (χ0v) is 20.0. The van der Waals surface area contributed by atoms with Gasteiger partial charge in [0.05, 0.1) is 11.3 Å². The Balaban J connectivity index is 1.54. The Morgan fingerprint density at radius 1 is 1.25 bits per heavy atom. The van der Waals surface area contributed by atoms with Crippen molar-refractivity contribution in [2.75, 3.05) is 5.73 Å². The number of amides is 2. The van der Waals surface area contributed by atoms with E-state index >= 15 is 0 Å². The van der Waals surface area contributed by atoms with Gasteiger partial charge < -0.3 is 21.1 Å². The third-order valence-corrected chi connectivity index (χ3v) is 8.80. The summed E-state index contributed by atoms with van der Waals surface area (Å²) in [4.78, 5) is 43.6. The number of carbonyl (C=O) groups is 3. The number of thiazole rings is 1. The first-order valence-electron chi connectivity index (χ1n) is 11.2. The minimum absolute atomic E-state index is 0.281. The maximum atomic E-state index is 13.3. The minimum atomic E-state index is -1.02. The van der Waals surface area contributed by atoms with Gasteiger partial charge in [0.2, 0.25) is 5.91 Å².